The maximum Gasteiger partial charge on any atom is 0.306 e. The van der Waals surface area contributed by atoms with Crippen LogP contribution >= 0.6 is 12.4 Å². The van der Waals surface area contributed by atoms with E-state index >= 15 is 0 Å². The zero-order valence-electron chi connectivity index (χ0n) is 19.1. The van der Waals surface area contributed by atoms with Crippen LogP contribution < -0.4 is 4.90 Å². The molecule has 0 aromatic heterocycles. The first kappa shape index (κ1) is 23.4. The van der Waals surface area contributed by atoms with Crippen molar-refractivity contribution >= 4 is 24.1 Å². The summed E-state index contributed by atoms with van der Waals surface area (Å²) in [7, 11) is 0. The van der Waals surface area contributed by atoms with Crippen LogP contribution in [0.1, 0.15) is 64.9 Å². The second-order valence-corrected chi connectivity index (χ2v) is 11.4. The van der Waals surface area contributed by atoms with E-state index in [4.69, 9.17) is 5.11 Å². The van der Waals surface area contributed by atoms with Crippen LogP contribution in [-0.4, -0.2) is 48.7 Å². The van der Waals surface area contributed by atoms with Gasteiger partial charge in [0.2, 0.25) is 0 Å². The molecule has 1 aromatic rings. The van der Waals surface area contributed by atoms with Crippen molar-refractivity contribution in [2.45, 2.75) is 59.3 Å². The first-order valence-corrected chi connectivity index (χ1v) is 11.4. The van der Waals surface area contributed by atoms with Crippen LogP contribution in [0, 0.1) is 22.7 Å². The molecule has 4 nitrogen and oxygen atoms in total. The maximum absolute atomic E-state index is 11.1. The van der Waals surface area contributed by atoms with Crippen LogP contribution in [0.4, 0.5) is 5.69 Å². The van der Waals surface area contributed by atoms with Gasteiger partial charge in [0.05, 0.1) is 5.92 Å². The van der Waals surface area contributed by atoms with Crippen molar-refractivity contribution in [2.24, 2.45) is 22.7 Å². The van der Waals surface area contributed by atoms with Gasteiger partial charge in [0, 0.05) is 38.4 Å². The molecule has 2 atom stereocenters. The number of piperazine rings is 1. The summed E-state index contributed by atoms with van der Waals surface area (Å²) in [4.78, 5) is 16.1. The van der Waals surface area contributed by atoms with Crippen LogP contribution in [0.2, 0.25) is 0 Å². The fraction of sp³-hybridized carbons (Fsp3) is 0.720. The molecule has 3 aliphatic rings. The lowest BCUT2D eigenvalue weighted by Gasteiger charge is -2.46. The third-order valence-corrected chi connectivity index (χ3v) is 7.38. The van der Waals surface area contributed by atoms with Gasteiger partial charge in [0.1, 0.15) is 0 Å². The van der Waals surface area contributed by atoms with Crippen molar-refractivity contribution in [1.29, 1.82) is 0 Å². The number of halogens is 1. The summed E-state index contributed by atoms with van der Waals surface area (Å²) in [5.74, 6) is 0.302. The molecule has 1 aromatic carbocycles. The zero-order valence-corrected chi connectivity index (χ0v) is 19.9. The molecule has 2 aliphatic carbocycles. The average molecular weight is 435 g/mol. The van der Waals surface area contributed by atoms with Crippen LogP contribution in [0.25, 0.3) is 0 Å². The highest BCUT2D eigenvalue weighted by atomic mass is 35.5. The number of benzene rings is 1. The summed E-state index contributed by atoms with van der Waals surface area (Å²) in [5, 5.41) is 9.15. The van der Waals surface area contributed by atoms with Gasteiger partial charge in [0.25, 0.3) is 0 Å². The van der Waals surface area contributed by atoms with E-state index in [0.29, 0.717) is 22.7 Å². The van der Waals surface area contributed by atoms with Gasteiger partial charge in [-0.3, -0.25) is 9.69 Å². The lowest BCUT2D eigenvalue weighted by atomic mass is 9.60. The predicted octanol–water partition coefficient (Wildman–Crippen LogP) is 5.27. The molecule has 1 N–H and O–H groups in total. The number of carbonyl (C=O) groups is 1. The van der Waals surface area contributed by atoms with E-state index in [1.807, 2.05) is 0 Å². The van der Waals surface area contributed by atoms with Crippen molar-refractivity contribution in [2.75, 3.05) is 37.6 Å². The molecule has 1 heterocycles. The first-order valence-electron chi connectivity index (χ1n) is 11.4. The Morgan fingerprint density at radius 1 is 1.03 bits per heavy atom. The molecule has 4 rings (SSSR count). The topological polar surface area (TPSA) is 43.8 Å². The number of nitrogens with zero attached hydrogens (tertiary/aromatic N) is 2. The minimum absolute atomic E-state index is 0. The van der Waals surface area contributed by atoms with E-state index in [9.17, 15) is 4.79 Å². The number of hydrogen-bond donors (Lipinski definition) is 1. The lowest BCUT2D eigenvalue weighted by molar-refractivity contribution is -0.138. The van der Waals surface area contributed by atoms with Gasteiger partial charge in [-0.15, -0.1) is 12.4 Å². The van der Waals surface area contributed by atoms with E-state index in [1.54, 1.807) is 0 Å². The van der Waals surface area contributed by atoms with Crippen LogP contribution in [0.15, 0.2) is 24.3 Å². The Morgan fingerprint density at radius 2 is 1.63 bits per heavy atom. The summed E-state index contributed by atoms with van der Waals surface area (Å²) in [6, 6.07) is 9.08. The van der Waals surface area contributed by atoms with Crippen LogP contribution in [-0.2, 0) is 4.79 Å². The molecule has 168 valence electrons. The number of carboxylic acids is 1. The summed E-state index contributed by atoms with van der Waals surface area (Å²) in [5.41, 5.74) is 3.75. The molecule has 0 amide bonds. The molecule has 1 saturated heterocycles. The van der Waals surface area contributed by atoms with E-state index in [2.05, 4.69) is 61.8 Å². The third kappa shape index (κ3) is 5.31. The predicted molar refractivity (Wildman–Crippen MR) is 126 cm³/mol. The Labute approximate surface area is 188 Å². The van der Waals surface area contributed by atoms with Gasteiger partial charge < -0.3 is 10.0 Å². The van der Waals surface area contributed by atoms with Crippen LogP contribution in [0.3, 0.4) is 0 Å². The first-order chi connectivity index (χ1) is 13.6. The molecular formula is C25H39ClN2O2. The van der Waals surface area contributed by atoms with E-state index in [1.165, 1.54) is 30.5 Å². The summed E-state index contributed by atoms with van der Waals surface area (Å²) in [6.45, 7) is 14.9. The largest absolute Gasteiger partial charge is 0.481 e. The Morgan fingerprint density at radius 3 is 2.20 bits per heavy atom. The lowest BCUT2D eigenvalue weighted by Crippen LogP contribution is -2.47. The zero-order chi connectivity index (χ0) is 20.8. The second-order valence-electron chi connectivity index (χ2n) is 11.4. The van der Waals surface area contributed by atoms with E-state index in [-0.39, 0.29) is 18.3 Å². The van der Waals surface area contributed by atoms with Gasteiger partial charge in [-0.2, -0.15) is 0 Å². The Bertz CT molecular complexity index is 739. The third-order valence-electron chi connectivity index (χ3n) is 7.38. The number of rotatable bonds is 5. The molecule has 3 fully saturated rings. The van der Waals surface area contributed by atoms with Crippen molar-refractivity contribution in [3.8, 4) is 0 Å². The molecule has 1 aliphatic heterocycles. The molecule has 5 heteroatoms. The highest BCUT2D eigenvalue weighted by Gasteiger charge is 2.44. The number of carboxylic acid groups (broad SMARTS) is 1. The van der Waals surface area contributed by atoms with Gasteiger partial charge in [-0.25, -0.2) is 0 Å². The summed E-state index contributed by atoms with van der Waals surface area (Å²) in [6.07, 6.45) is 4.71. The Kier molecular flexibility index (Phi) is 6.79. The van der Waals surface area contributed by atoms with E-state index in [0.717, 1.165) is 39.1 Å². The maximum atomic E-state index is 11.1. The number of para-hydroxylation sites is 1. The monoisotopic (exact) mass is 434 g/mol. The number of anilines is 1. The van der Waals surface area contributed by atoms with Crippen molar-refractivity contribution in [1.82, 2.24) is 4.90 Å². The van der Waals surface area contributed by atoms with Crippen molar-refractivity contribution in [3.63, 3.8) is 0 Å². The fourth-order valence-electron chi connectivity index (χ4n) is 6.44. The van der Waals surface area contributed by atoms with Crippen molar-refractivity contribution < 1.29 is 9.90 Å². The number of hydrogen-bond acceptors (Lipinski definition) is 3. The molecular weight excluding hydrogens is 396 g/mol. The normalized spacial score (nSPS) is 28.6. The highest BCUT2D eigenvalue weighted by Crippen LogP contribution is 2.53. The molecule has 30 heavy (non-hydrogen) atoms. The van der Waals surface area contributed by atoms with Gasteiger partial charge >= 0.3 is 5.97 Å². The van der Waals surface area contributed by atoms with Gasteiger partial charge in [-0.1, -0.05) is 45.9 Å². The fourth-order valence-corrected chi connectivity index (χ4v) is 6.44. The molecule has 2 saturated carbocycles. The minimum atomic E-state index is -0.610. The quantitative estimate of drug-likeness (QED) is 0.685. The smallest absolute Gasteiger partial charge is 0.306 e. The minimum Gasteiger partial charge on any atom is -0.481 e. The van der Waals surface area contributed by atoms with Gasteiger partial charge in [0.15, 0.2) is 0 Å². The van der Waals surface area contributed by atoms with Gasteiger partial charge in [-0.05, 0) is 60.0 Å². The molecule has 0 radical (unpaired) electrons. The Hall–Kier alpha value is -1.26. The van der Waals surface area contributed by atoms with Crippen molar-refractivity contribution in [3.05, 3.63) is 29.8 Å². The standard InChI is InChI=1S/C25H38N2O2.ClH/c1-24(2)14-19(15-25(3,4)17-24)20-7-5-6-8-22(20)27-11-9-26(10-12-27)16-18-13-21(18)23(28)29;/h5-8,18-19,21H,9-17H2,1-4H3,(H,28,29);1H. The molecule has 0 spiro atoms. The molecule has 0 bridgehead atoms. The summed E-state index contributed by atoms with van der Waals surface area (Å²) < 4.78 is 0. The highest BCUT2D eigenvalue weighted by molar-refractivity contribution is 5.85. The Balaban J connectivity index is 0.00000256. The second kappa shape index (κ2) is 8.70. The van der Waals surface area contributed by atoms with E-state index < -0.39 is 5.97 Å². The SMILES string of the molecule is CC1(C)CC(c2ccccc2N2CCN(CC3CC3C(=O)O)CC2)CC(C)(C)C1.Cl. The van der Waals surface area contributed by atoms with Crippen LogP contribution in [0.5, 0.6) is 0 Å². The number of aliphatic carboxylic acids is 1. The average Bonchev–Trinajstić information content (AvgIpc) is 3.39. The molecule has 2 unspecified atom stereocenters. The summed E-state index contributed by atoms with van der Waals surface area (Å²) >= 11 is 0.